The van der Waals surface area contributed by atoms with Crippen LogP contribution in [0.5, 0.6) is 0 Å². The zero-order chi connectivity index (χ0) is 19.5. The topological polar surface area (TPSA) is 87.7 Å². The lowest BCUT2D eigenvalue weighted by Gasteiger charge is -2.40. The first-order chi connectivity index (χ1) is 13.6. The van der Waals surface area contributed by atoms with E-state index >= 15 is 0 Å². The van der Waals surface area contributed by atoms with Gasteiger partial charge in [-0.1, -0.05) is 0 Å². The molecule has 2 fully saturated rings. The largest absolute Gasteiger partial charge is 0.459 e. The zero-order valence-corrected chi connectivity index (χ0v) is 16.1. The molecule has 2 aliphatic rings. The number of carbonyl (C=O) groups is 2. The number of piperazine rings is 1. The number of rotatable bonds is 4. The van der Waals surface area contributed by atoms with Crippen LogP contribution >= 0.6 is 0 Å². The second kappa shape index (κ2) is 8.14. The van der Waals surface area contributed by atoms with Crippen molar-refractivity contribution < 1.29 is 14.0 Å². The molecule has 2 saturated heterocycles. The first-order valence-electron chi connectivity index (χ1n) is 9.83. The van der Waals surface area contributed by atoms with Crippen molar-refractivity contribution in [2.24, 2.45) is 0 Å². The molecule has 0 spiro atoms. The molecule has 0 aromatic carbocycles. The second-order valence-electron chi connectivity index (χ2n) is 7.41. The van der Waals surface area contributed by atoms with Gasteiger partial charge in [-0.15, -0.1) is 0 Å². The van der Waals surface area contributed by atoms with E-state index in [1.807, 2.05) is 16.5 Å². The molecule has 4 heterocycles. The molecule has 2 amide bonds. The normalized spacial score (nSPS) is 20.3. The molecule has 4 rings (SSSR count). The third kappa shape index (κ3) is 3.80. The summed E-state index contributed by atoms with van der Waals surface area (Å²) in [6.07, 6.45) is 6.76. The molecule has 0 N–H and O–H groups in total. The summed E-state index contributed by atoms with van der Waals surface area (Å²) in [5, 5.41) is 4.23. The maximum Gasteiger partial charge on any atom is 0.289 e. The molecule has 0 bridgehead atoms. The first kappa shape index (κ1) is 18.7. The molecule has 0 saturated carbocycles. The van der Waals surface area contributed by atoms with Crippen molar-refractivity contribution >= 4 is 11.8 Å². The van der Waals surface area contributed by atoms with Gasteiger partial charge in [-0.25, -0.2) is 9.67 Å². The minimum Gasteiger partial charge on any atom is -0.459 e. The van der Waals surface area contributed by atoms with Gasteiger partial charge in [0.25, 0.3) is 5.91 Å². The summed E-state index contributed by atoms with van der Waals surface area (Å²) in [5.74, 6) is 0.382. The maximum atomic E-state index is 12.9. The Morgan fingerprint density at radius 3 is 2.43 bits per heavy atom. The number of hydrogen-bond acceptors (Lipinski definition) is 6. The summed E-state index contributed by atoms with van der Waals surface area (Å²) in [6, 6.07) is 3.59. The number of amides is 2. The fraction of sp³-hybridized carbons (Fsp3) is 0.579. The summed E-state index contributed by atoms with van der Waals surface area (Å²) in [5.41, 5.74) is 0. The molecule has 0 aliphatic carbocycles. The van der Waals surface area contributed by atoms with Crippen molar-refractivity contribution in [1.29, 1.82) is 0 Å². The molecule has 1 unspecified atom stereocenters. The molecule has 0 radical (unpaired) electrons. The fourth-order valence-corrected chi connectivity index (χ4v) is 4.05. The number of likely N-dealkylation sites (tertiary alicyclic amines) is 1. The van der Waals surface area contributed by atoms with E-state index in [1.165, 1.54) is 6.26 Å². The molecule has 9 heteroatoms. The van der Waals surface area contributed by atoms with Crippen LogP contribution < -0.4 is 0 Å². The highest BCUT2D eigenvalue weighted by molar-refractivity contribution is 5.91. The minimum atomic E-state index is -0.149. The van der Waals surface area contributed by atoms with Crippen LogP contribution in [0.15, 0.2) is 35.5 Å². The number of furan rings is 1. The van der Waals surface area contributed by atoms with E-state index in [4.69, 9.17) is 4.42 Å². The van der Waals surface area contributed by atoms with Gasteiger partial charge in [-0.2, -0.15) is 5.10 Å². The number of piperidine rings is 1. The van der Waals surface area contributed by atoms with Crippen LogP contribution in [0.4, 0.5) is 0 Å². The summed E-state index contributed by atoms with van der Waals surface area (Å²) >= 11 is 0. The van der Waals surface area contributed by atoms with E-state index in [9.17, 15) is 9.59 Å². The van der Waals surface area contributed by atoms with E-state index < -0.39 is 0 Å². The quantitative estimate of drug-likeness (QED) is 0.775. The van der Waals surface area contributed by atoms with Crippen molar-refractivity contribution in [1.82, 2.24) is 29.5 Å². The monoisotopic (exact) mass is 386 g/mol. The third-order valence-corrected chi connectivity index (χ3v) is 5.83. The maximum absolute atomic E-state index is 12.9. The van der Waals surface area contributed by atoms with Gasteiger partial charge in [0.1, 0.15) is 12.7 Å². The van der Waals surface area contributed by atoms with Crippen molar-refractivity contribution in [3.05, 3.63) is 36.8 Å². The molecule has 150 valence electrons. The van der Waals surface area contributed by atoms with Crippen LogP contribution in [-0.4, -0.2) is 86.6 Å². The van der Waals surface area contributed by atoms with Crippen molar-refractivity contribution in [3.8, 4) is 0 Å². The molecule has 1 atom stereocenters. The summed E-state index contributed by atoms with van der Waals surface area (Å²) in [7, 11) is 0. The van der Waals surface area contributed by atoms with Crippen molar-refractivity contribution in [3.63, 3.8) is 0 Å². The second-order valence-corrected chi connectivity index (χ2v) is 7.41. The van der Waals surface area contributed by atoms with E-state index in [2.05, 4.69) is 15.0 Å². The molecule has 9 nitrogen and oxygen atoms in total. The molecule has 2 aromatic rings. The zero-order valence-electron chi connectivity index (χ0n) is 16.1. The fourth-order valence-electron chi connectivity index (χ4n) is 4.05. The number of hydrogen-bond donors (Lipinski definition) is 0. The van der Waals surface area contributed by atoms with Crippen molar-refractivity contribution in [2.75, 3.05) is 39.3 Å². The highest BCUT2D eigenvalue weighted by atomic mass is 16.3. The van der Waals surface area contributed by atoms with Gasteiger partial charge >= 0.3 is 0 Å². The summed E-state index contributed by atoms with van der Waals surface area (Å²) in [4.78, 5) is 35.2. The lowest BCUT2D eigenvalue weighted by Crippen LogP contribution is -2.56. The smallest absolute Gasteiger partial charge is 0.289 e. The molecule has 28 heavy (non-hydrogen) atoms. The molecular formula is C19H26N6O3. The number of aromatic nitrogens is 3. The SMILES string of the molecule is CC(C(=O)N1CCN(C(=O)c2ccco2)CC1)N1CCC(n2cncn2)CC1. The minimum absolute atomic E-state index is 0.111. The Hall–Kier alpha value is -2.68. The first-order valence-corrected chi connectivity index (χ1v) is 9.83. The average Bonchev–Trinajstić information content (AvgIpc) is 3.47. The highest BCUT2D eigenvalue weighted by Gasteiger charge is 2.32. The van der Waals surface area contributed by atoms with Gasteiger partial charge in [0.15, 0.2) is 5.76 Å². The van der Waals surface area contributed by atoms with Gasteiger partial charge in [0.05, 0.1) is 18.3 Å². The van der Waals surface area contributed by atoms with E-state index in [0.717, 1.165) is 25.9 Å². The van der Waals surface area contributed by atoms with Crippen LogP contribution in [-0.2, 0) is 4.79 Å². The molecular weight excluding hydrogens is 360 g/mol. The Morgan fingerprint density at radius 2 is 1.82 bits per heavy atom. The third-order valence-electron chi connectivity index (χ3n) is 5.83. The van der Waals surface area contributed by atoms with Crippen LogP contribution in [0.2, 0.25) is 0 Å². The van der Waals surface area contributed by atoms with E-state index in [1.54, 1.807) is 29.7 Å². The van der Waals surface area contributed by atoms with Crippen LogP contribution in [0.3, 0.4) is 0 Å². The lowest BCUT2D eigenvalue weighted by molar-refractivity contribution is -0.138. The van der Waals surface area contributed by atoms with Crippen LogP contribution in [0.1, 0.15) is 36.4 Å². The predicted octanol–water partition coefficient (Wildman–Crippen LogP) is 0.881. The Morgan fingerprint density at radius 1 is 1.11 bits per heavy atom. The standard InChI is InChI=1S/C19H26N6O3/c1-15(22-6-4-16(5-7-22)25-14-20-13-21-25)18(26)23-8-10-24(11-9-23)19(27)17-3-2-12-28-17/h2-3,12-16H,4-11H2,1H3. The van der Waals surface area contributed by atoms with Gasteiger partial charge in [0, 0.05) is 39.3 Å². The Labute approximate surface area is 163 Å². The van der Waals surface area contributed by atoms with Crippen LogP contribution in [0.25, 0.3) is 0 Å². The van der Waals surface area contributed by atoms with E-state index in [0.29, 0.717) is 38.0 Å². The Bertz CT molecular complexity index is 775. The van der Waals surface area contributed by atoms with Gasteiger partial charge in [-0.05, 0) is 31.9 Å². The predicted molar refractivity (Wildman–Crippen MR) is 101 cm³/mol. The van der Waals surface area contributed by atoms with Crippen molar-refractivity contribution in [2.45, 2.75) is 31.8 Å². The van der Waals surface area contributed by atoms with Crippen LogP contribution in [0, 0.1) is 0 Å². The number of carbonyl (C=O) groups excluding carboxylic acids is 2. The average molecular weight is 386 g/mol. The molecule has 2 aliphatic heterocycles. The summed E-state index contributed by atoms with van der Waals surface area (Å²) < 4.78 is 7.10. The molecule has 2 aromatic heterocycles. The lowest BCUT2D eigenvalue weighted by atomic mass is 10.0. The Balaban J connectivity index is 1.26. The highest BCUT2D eigenvalue weighted by Crippen LogP contribution is 2.23. The summed E-state index contributed by atoms with van der Waals surface area (Å²) in [6.45, 7) is 5.91. The Kier molecular flexibility index (Phi) is 5.43. The number of nitrogens with zero attached hydrogens (tertiary/aromatic N) is 6. The van der Waals surface area contributed by atoms with Gasteiger partial charge < -0.3 is 14.2 Å². The van der Waals surface area contributed by atoms with Gasteiger partial charge in [-0.3, -0.25) is 14.5 Å². The van der Waals surface area contributed by atoms with E-state index in [-0.39, 0.29) is 17.9 Å². The van der Waals surface area contributed by atoms with Gasteiger partial charge in [0.2, 0.25) is 5.91 Å².